The van der Waals surface area contributed by atoms with Crippen LogP contribution in [0, 0.1) is 19.3 Å². The van der Waals surface area contributed by atoms with Crippen molar-refractivity contribution in [3.63, 3.8) is 0 Å². The van der Waals surface area contributed by atoms with Crippen molar-refractivity contribution in [2.45, 2.75) is 33.6 Å². The number of aryl methyl sites for hydroxylation is 1. The number of amidine groups is 2. The number of halogens is 2. The minimum absolute atomic E-state index is 0.0409. The lowest BCUT2D eigenvalue weighted by Gasteiger charge is -2.20. The Morgan fingerprint density at radius 2 is 1.87 bits per heavy atom. The Labute approximate surface area is 188 Å². The minimum atomic E-state index is -0.428. The largest absolute Gasteiger partial charge is 0.318 e. The second kappa shape index (κ2) is 8.06. The molecule has 0 unspecified atom stereocenters. The first kappa shape index (κ1) is 20.9. The maximum Gasteiger partial charge on any atom is 0.283 e. The normalized spacial score (nSPS) is 17.5. The van der Waals surface area contributed by atoms with Gasteiger partial charge in [-0.15, -0.1) is 0 Å². The second-order valence-electron chi connectivity index (χ2n) is 7.05. The molecule has 0 saturated carbocycles. The third-order valence-corrected chi connectivity index (χ3v) is 6.24. The maximum atomic E-state index is 12.6. The zero-order chi connectivity index (χ0) is 21.6. The smallest absolute Gasteiger partial charge is 0.283 e. The fourth-order valence-electron chi connectivity index (χ4n) is 3.50. The SMILES string of the molecule is CCCC1=NN2C(=N)/C(=C/c3cc(C)n(-c4cc(Cl)cc(Cl)c4)c3C)C(=O)N=C2S1. The van der Waals surface area contributed by atoms with E-state index in [0.717, 1.165) is 40.5 Å². The quantitative estimate of drug-likeness (QED) is 0.585. The van der Waals surface area contributed by atoms with Crippen molar-refractivity contribution in [2.24, 2.45) is 10.1 Å². The lowest BCUT2D eigenvalue weighted by molar-refractivity contribution is -0.114. The molecule has 1 aromatic carbocycles. The molecule has 9 heteroatoms. The first-order valence-electron chi connectivity index (χ1n) is 9.43. The molecular weight excluding hydrogens is 441 g/mol. The Hall–Kier alpha value is -2.35. The number of carbonyl (C=O) groups excluding carboxylic acids is 1. The summed E-state index contributed by atoms with van der Waals surface area (Å²) < 4.78 is 2.01. The molecule has 0 bridgehead atoms. The monoisotopic (exact) mass is 459 g/mol. The van der Waals surface area contributed by atoms with Gasteiger partial charge in [-0.05, 0) is 74.4 Å². The molecule has 4 rings (SSSR count). The molecule has 30 heavy (non-hydrogen) atoms. The molecule has 0 radical (unpaired) electrons. The number of nitrogens with zero attached hydrogens (tertiary/aromatic N) is 4. The summed E-state index contributed by atoms with van der Waals surface area (Å²) in [6.45, 7) is 5.97. The number of carbonyl (C=O) groups is 1. The van der Waals surface area contributed by atoms with E-state index in [4.69, 9.17) is 28.6 Å². The lowest BCUT2D eigenvalue weighted by atomic mass is 10.1. The van der Waals surface area contributed by atoms with Crippen molar-refractivity contribution < 1.29 is 4.79 Å². The Kier molecular flexibility index (Phi) is 5.61. The van der Waals surface area contributed by atoms with Gasteiger partial charge < -0.3 is 4.57 Å². The van der Waals surface area contributed by atoms with Crippen LogP contribution in [-0.4, -0.2) is 31.5 Å². The van der Waals surface area contributed by atoms with E-state index in [1.54, 1.807) is 12.1 Å². The van der Waals surface area contributed by atoms with E-state index in [1.807, 2.05) is 36.6 Å². The van der Waals surface area contributed by atoms with E-state index in [9.17, 15) is 4.79 Å². The Morgan fingerprint density at radius 3 is 2.53 bits per heavy atom. The first-order valence-corrected chi connectivity index (χ1v) is 11.0. The summed E-state index contributed by atoms with van der Waals surface area (Å²) in [6, 6.07) is 7.31. The minimum Gasteiger partial charge on any atom is -0.318 e. The van der Waals surface area contributed by atoms with Crippen LogP contribution >= 0.6 is 35.0 Å². The number of aliphatic imine (C=N–C) groups is 1. The summed E-state index contributed by atoms with van der Waals surface area (Å²) in [6.07, 6.45) is 3.44. The van der Waals surface area contributed by atoms with Crippen LogP contribution in [0.1, 0.15) is 36.7 Å². The molecule has 2 aliphatic heterocycles. The van der Waals surface area contributed by atoms with Crippen LogP contribution < -0.4 is 0 Å². The number of thioether (sulfide) groups is 1. The van der Waals surface area contributed by atoms with Crippen molar-refractivity contribution in [1.29, 1.82) is 5.41 Å². The van der Waals surface area contributed by atoms with Gasteiger partial charge in [-0.2, -0.15) is 15.1 Å². The van der Waals surface area contributed by atoms with Gasteiger partial charge in [-0.1, -0.05) is 30.1 Å². The second-order valence-corrected chi connectivity index (χ2v) is 8.97. The fourth-order valence-corrected chi connectivity index (χ4v) is 5.00. The van der Waals surface area contributed by atoms with E-state index in [-0.39, 0.29) is 11.4 Å². The van der Waals surface area contributed by atoms with E-state index >= 15 is 0 Å². The van der Waals surface area contributed by atoms with E-state index in [0.29, 0.717) is 15.2 Å². The number of hydrogen-bond acceptors (Lipinski definition) is 4. The highest BCUT2D eigenvalue weighted by molar-refractivity contribution is 8.26. The van der Waals surface area contributed by atoms with Gasteiger partial charge in [0.25, 0.3) is 5.91 Å². The predicted molar refractivity (Wildman–Crippen MR) is 125 cm³/mol. The fraction of sp³-hybridized carbons (Fsp3) is 0.238. The molecule has 1 aromatic heterocycles. The zero-order valence-electron chi connectivity index (χ0n) is 16.7. The number of fused-ring (bicyclic) bond motifs is 1. The molecule has 0 aliphatic carbocycles. The van der Waals surface area contributed by atoms with Gasteiger partial charge in [0.05, 0.1) is 5.57 Å². The van der Waals surface area contributed by atoms with Crippen molar-refractivity contribution >= 4 is 63.0 Å². The summed E-state index contributed by atoms with van der Waals surface area (Å²) in [4.78, 5) is 16.8. The third kappa shape index (κ3) is 3.73. The number of hydrogen-bond donors (Lipinski definition) is 1. The molecule has 1 amide bonds. The lowest BCUT2D eigenvalue weighted by Crippen LogP contribution is -2.35. The van der Waals surface area contributed by atoms with E-state index in [1.165, 1.54) is 16.8 Å². The van der Waals surface area contributed by atoms with Gasteiger partial charge in [0.1, 0.15) is 5.04 Å². The highest BCUT2D eigenvalue weighted by Gasteiger charge is 2.35. The molecule has 3 heterocycles. The number of aromatic nitrogens is 1. The Morgan fingerprint density at radius 1 is 1.17 bits per heavy atom. The third-order valence-electron chi connectivity index (χ3n) is 4.84. The molecule has 0 saturated heterocycles. The van der Waals surface area contributed by atoms with Gasteiger partial charge in [-0.25, -0.2) is 0 Å². The van der Waals surface area contributed by atoms with E-state index < -0.39 is 5.91 Å². The average molecular weight is 460 g/mol. The summed E-state index contributed by atoms with van der Waals surface area (Å²) in [5.41, 5.74) is 3.73. The van der Waals surface area contributed by atoms with E-state index in [2.05, 4.69) is 17.0 Å². The van der Waals surface area contributed by atoms with Crippen molar-refractivity contribution in [2.75, 3.05) is 0 Å². The van der Waals surface area contributed by atoms with Crippen LogP contribution in [0.4, 0.5) is 0 Å². The van der Waals surface area contributed by atoms with Crippen molar-refractivity contribution in [3.05, 3.63) is 56.8 Å². The van der Waals surface area contributed by atoms with Crippen LogP contribution in [0.15, 0.2) is 39.9 Å². The number of amides is 1. The highest BCUT2D eigenvalue weighted by Crippen LogP contribution is 2.31. The van der Waals surface area contributed by atoms with Gasteiger partial charge in [0.2, 0.25) is 5.17 Å². The number of rotatable bonds is 4. The Balaban J connectivity index is 1.74. The maximum absolute atomic E-state index is 12.6. The Bertz CT molecular complexity index is 1160. The zero-order valence-corrected chi connectivity index (χ0v) is 19.0. The molecule has 6 nitrogen and oxygen atoms in total. The van der Waals surface area contributed by atoms with Crippen LogP contribution in [0.25, 0.3) is 11.8 Å². The summed E-state index contributed by atoms with van der Waals surface area (Å²) in [5, 5.41) is 16.8. The molecule has 0 fully saturated rings. The molecule has 0 atom stereocenters. The summed E-state index contributed by atoms with van der Waals surface area (Å²) in [7, 11) is 0. The van der Waals surface area contributed by atoms with Crippen LogP contribution in [0.3, 0.4) is 0 Å². The van der Waals surface area contributed by atoms with Crippen molar-refractivity contribution in [1.82, 2.24) is 9.58 Å². The molecule has 154 valence electrons. The predicted octanol–water partition coefficient (Wildman–Crippen LogP) is 5.82. The standard InChI is InChI=1S/C21H19Cl2N5OS/c1-4-5-18-26-28-19(24)17(20(29)25-21(28)30-18)7-13-6-11(2)27(12(13)3)16-9-14(22)8-15(23)10-16/h6-10,24H,4-5H2,1-3H3/b17-7-,24-19?. The first-order chi connectivity index (χ1) is 14.3. The van der Waals surface area contributed by atoms with Crippen LogP contribution in [0.2, 0.25) is 10.0 Å². The number of nitrogens with one attached hydrogen (secondary N) is 1. The topological polar surface area (TPSA) is 73.8 Å². The number of hydrazone groups is 1. The molecule has 2 aliphatic rings. The van der Waals surface area contributed by atoms with Crippen LogP contribution in [-0.2, 0) is 4.79 Å². The summed E-state index contributed by atoms with van der Waals surface area (Å²) >= 11 is 13.7. The molecule has 1 N–H and O–H groups in total. The van der Waals surface area contributed by atoms with Crippen LogP contribution in [0.5, 0.6) is 0 Å². The highest BCUT2D eigenvalue weighted by atomic mass is 35.5. The summed E-state index contributed by atoms with van der Waals surface area (Å²) in [5.74, 6) is -0.387. The van der Waals surface area contributed by atoms with Gasteiger partial charge >= 0.3 is 0 Å². The molecular formula is C21H19Cl2N5OS. The van der Waals surface area contributed by atoms with Crippen molar-refractivity contribution in [3.8, 4) is 5.69 Å². The average Bonchev–Trinajstić information content (AvgIpc) is 3.18. The number of benzene rings is 1. The van der Waals surface area contributed by atoms with Gasteiger partial charge in [-0.3, -0.25) is 10.2 Å². The molecule has 0 spiro atoms. The van der Waals surface area contributed by atoms with Gasteiger partial charge in [0.15, 0.2) is 5.84 Å². The van der Waals surface area contributed by atoms with Gasteiger partial charge in [0, 0.05) is 27.1 Å². The molecule has 2 aromatic rings.